The second kappa shape index (κ2) is 8.70. The molecule has 150 valence electrons. The second-order valence-electron chi connectivity index (χ2n) is 6.51. The molecule has 1 amide bonds. The van der Waals surface area contributed by atoms with Crippen molar-refractivity contribution in [1.82, 2.24) is 9.21 Å². The molecule has 1 heterocycles. The maximum Gasteiger partial charge on any atom is 0.263 e. The summed E-state index contributed by atoms with van der Waals surface area (Å²) in [5, 5.41) is 0. The Bertz CT molecular complexity index is 913. The van der Waals surface area contributed by atoms with Crippen molar-refractivity contribution in [2.75, 3.05) is 26.2 Å². The van der Waals surface area contributed by atoms with Crippen molar-refractivity contribution in [3.8, 4) is 5.75 Å². The molecule has 8 heteroatoms. The summed E-state index contributed by atoms with van der Waals surface area (Å²) in [6.45, 7) is 2.72. The molecule has 0 N–H and O–H groups in total. The molecule has 0 aromatic heterocycles. The third-order valence-corrected chi connectivity index (χ3v) is 6.55. The number of halogens is 1. The lowest BCUT2D eigenvalue weighted by Crippen LogP contribution is -2.53. The molecule has 2 aromatic rings. The number of hydrogen-bond donors (Lipinski definition) is 0. The van der Waals surface area contributed by atoms with E-state index in [0.717, 1.165) is 6.07 Å². The lowest BCUT2D eigenvalue weighted by molar-refractivity contribution is -0.140. The summed E-state index contributed by atoms with van der Waals surface area (Å²) in [4.78, 5) is 14.3. The Labute approximate surface area is 164 Å². The van der Waals surface area contributed by atoms with Crippen molar-refractivity contribution in [2.24, 2.45) is 0 Å². The molecule has 0 aliphatic carbocycles. The SMILES string of the molecule is CC[C@H](Oc1ccccc1)C(=O)N1CCN(S(=O)(=O)c2cccc(F)c2)CC1. The molecule has 1 atom stereocenters. The van der Waals surface area contributed by atoms with Crippen molar-refractivity contribution in [2.45, 2.75) is 24.3 Å². The van der Waals surface area contributed by atoms with Gasteiger partial charge >= 0.3 is 0 Å². The van der Waals surface area contributed by atoms with Crippen molar-refractivity contribution in [3.05, 3.63) is 60.4 Å². The predicted octanol–water partition coefficient (Wildman–Crippen LogP) is 2.52. The van der Waals surface area contributed by atoms with E-state index < -0.39 is 21.9 Å². The smallest absolute Gasteiger partial charge is 0.263 e. The van der Waals surface area contributed by atoms with Gasteiger partial charge in [-0.05, 0) is 36.8 Å². The van der Waals surface area contributed by atoms with E-state index in [0.29, 0.717) is 12.2 Å². The van der Waals surface area contributed by atoms with E-state index in [2.05, 4.69) is 0 Å². The maximum absolute atomic E-state index is 13.4. The second-order valence-corrected chi connectivity index (χ2v) is 8.45. The molecular weight excluding hydrogens is 383 g/mol. The molecule has 1 aliphatic rings. The summed E-state index contributed by atoms with van der Waals surface area (Å²) >= 11 is 0. The van der Waals surface area contributed by atoms with Gasteiger partial charge in [0, 0.05) is 26.2 Å². The summed E-state index contributed by atoms with van der Waals surface area (Å²) in [7, 11) is -3.78. The Morgan fingerprint density at radius 2 is 1.75 bits per heavy atom. The van der Waals surface area contributed by atoms with E-state index in [1.807, 2.05) is 25.1 Å². The first-order valence-electron chi connectivity index (χ1n) is 9.18. The van der Waals surface area contributed by atoms with Crippen molar-refractivity contribution in [3.63, 3.8) is 0 Å². The van der Waals surface area contributed by atoms with Crippen molar-refractivity contribution >= 4 is 15.9 Å². The number of nitrogens with zero attached hydrogens (tertiary/aromatic N) is 2. The maximum atomic E-state index is 13.4. The summed E-state index contributed by atoms with van der Waals surface area (Å²) in [5.41, 5.74) is 0. The molecule has 3 rings (SSSR count). The average Bonchev–Trinajstić information content (AvgIpc) is 2.72. The highest BCUT2D eigenvalue weighted by Crippen LogP contribution is 2.20. The van der Waals surface area contributed by atoms with Gasteiger partial charge in [0.25, 0.3) is 5.91 Å². The van der Waals surface area contributed by atoms with Crippen LogP contribution in [0.5, 0.6) is 5.75 Å². The highest BCUT2D eigenvalue weighted by Gasteiger charge is 2.32. The molecule has 1 aliphatic heterocycles. The molecule has 1 fully saturated rings. The van der Waals surface area contributed by atoms with Crippen LogP contribution >= 0.6 is 0 Å². The Hall–Kier alpha value is -2.45. The van der Waals surface area contributed by atoms with Crippen LogP contribution in [0.25, 0.3) is 0 Å². The zero-order valence-corrected chi connectivity index (χ0v) is 16.4. The lowest BCUT2D eigenvalue weighted by atomic mass is 10.2. The predicted molar refractivity (Wildman–Crippen MR) is 103 cm³/mol. The number of para-hydroxylation sites is 1. The van der Waals surface area contributed by atoms with Gasteiger partial charge in [0.05, 0.1) is 4.90 Å². The van der Waals surface area contributed by atoms with Crippen LogP contribution in [-0.2, 0) is 14.8 Å². The summed E-state index contributed by atoms with van der Waals surface area (Å²) in [6.07, 6.45) is -0.107. The van der Waals surface area contributed by atoms with Gasteiger partial charge in [-0.25, -0.2) is 12.8 Å². The third-order valence-electron chi connectivity index (χ3n) is 4.65. The number of ether oxygens (including phenoxy) is 1. The molecule has 0 bridgehead atoms. The number of benzene rings is 2. The van der Waals surface area contributed by atoms with E-state index in [1.165, 1.54) is 22.5 Å². The number of hydrogen-bond acceptors (Lipinski definition) is 4. The minimum absolute atomic E-state index is 0.0777. The monoisotopic (exact) mass is 406 g/mol. The van der Waals surface area contributed by atoms with E-state index in [4.69, 9.17) is 4.74 Å². The molecule has 0 unspecified atom stereocenters. The summed E-state index contributed by atoms with van der Waals surface area (Å²) in [6, 6.07) is 14.1. The van der Waals surface area contributed by atoms with Gasteiger partial charge in [0.1, 0.15) is 11.6 Å². The number of amides is 1. The van der Waals surface area contributed by atoms with Crippen LogP contribution in [0.3, 0.4) is 0 Å². The molecule has 0 radical (unpaired) electrons. The first-order valence-corrected chi connectivity index (χ1v) is 10.6. The van der Waals surface area contributed by atoms with E-state index in [-0.39, 0.29) is 37.0 Å². The number of sulfonamides is 1. The quantitative estimate of drug-likeness (QED) is 0.739. The van der Waals surface area contributed by atoms with Crippen LogP contribution in [0.1, 0.15) is 13.3 Å². The van der Waals surface area contributed by atoms with Gasteiger partial charge in [0.2, 0.25) is 10.0 Å². The number of carbonyl (C=O) groups is 1. The summed E-state index contributed by atoms with van der Waals surface area (Å²) in [5.74, 6) is -0.136. The molecule has 0 spiro atoms. The molecule has 28 heavy (non-hydrogen) atoms. The lowest BCUT2D eigenvalue weighted by Gasteiger charge is -2.35. The minimum atomic E-state index is -3.78. The van der Waals surface area contributed by atoms with Gasteiger partial charge in [-0.3, -0.25) is 4.79 Å². The van der Waals surface area contributed by atoms with Crippen LogP contribution in [0.2, 0.25) is 0 Å². The molecule has 1 saturated heterocycles. The van der Waals surface area contributed by atoms with Crippen molar-refractivity contribution < 1.29 is 22.3 Å². The van der Waals surface area contributed by atoms with Gasteiger partial charge in [-0.15, -0.1) is 0 Å². The Balaban J connectivity index is 1.63. The zero-order chi connectivity index (χ0) is 20.1. The topological polar surface area (TPSA) is 66.9 Å². The van der Waals surface area contributed by atoms with Crippen LogP contribution in [0.15, 0.2) is 59.5 Å². The highest BCUT2D eigenvalue weighted by atomic mass is 32.2. The largest absolute Gasteiger partial charge is 0.481 e. The van der Waals surface area contributed by atoms with Crippen LogP contribution < -0.4 is 4.74 Å². The standard InChI is InChI=1S/C20H23FN2O4S/c1-2-19(27-17-8-4-3-5-9-17)20(24)22-11-13-23(14-12-22)28(25,26)18-10-6-7-16(21)15-18/h3-10,15,19H,2,11-14H2,1H3/t19-/m0/s1. The number of carbonyl (C=O) groups excluding carboxylic acids is 1. The first kappa shape index (κ1) is 20.3. The van der Waals surface area contributed by atoms with Crippen LogP contribution in [-0.4, -0.2) is 55.8 Å². The fraction of sp³-hybridized carbons (Fsp3) is 0.350. The van der Waals surface area contributed by atoms with Crippen LogP contribution in [0, 0.1) is 5.82 Å². The van der Waals surface area contributed by atoms with E-state index in [9.17, 15) is 17.6 Å². The fourth-order valence-corrected chi connectivity index (χ4v) is 4.55. The summed E-state index contributed by atoms with van der Waals surface area (Å²) < 4.78 is 45.8. The number of rotatable bonds is 6. The molecule has 2 aromatic carbocycles. The molecule has 6 nitrogen and oxygen atoms in total. The van der Waals surface area contributed by atoms with E-state index >= 15 is 0 Å². The zero-order valence-electron chi connectivity index (χ0n) is 15.6. The van der Waals surface area contributed by atoms with Crippen LogP contribution in [0.4, 0.5) is 4.39 Å². The van der Waals surface area contributed by atoms with Gasteiger partial charge < -0.3 is 9.64 Å². The number of piperazine rings is 1. The normalized spacial score (nSPS) is 16.6. The van der Waals surface area contributed by atoms with Gasteiger partial charge in [-0.2, -0.15) is 4.31 Å². The Morgan fingerprint density at radius 1 is 1.07 bits per heavy atom. The van der Waals surface area contributed by atoms with E-state index in [1.54, 1.807) is 17.0 Å². The van der Waals surface area contributed by atoms with Gasteiger partial charge in [-0.1, -0.05) is 31.2 Å². The minimum Gasteiger partial charge on any atom is -0.481 e. The Morgan fingerprint density at radius 3 is 2.36 bits per heavy atom. The fourth-order valence-electron chi connectivity index (χ4n) is 3.10. The Kier molecular flexibility index (Phi) is 6.31. The third kappa shape index (κ3) is 4.51. The molecule has 0 saturated carbocycles. The molecular formula is C20H23FN2O4S. The van der Waals surface area contributed by atoms with Crippen molar-refractivity contribution in [1.29, 1.82) is 0 Å². The van der Waals surface area contributed by atoms with Gasteiger partial charge in [0.15, 0.2) is 6.10 Å². The first-order chi connectivity index (χ1) is 13.4. The average molecular weight is 406 g/mol. The highest BCUT2D eigenvalue weighted by molar-refractivity contribution is 7.89.